The summed E-state index contributed by atoms with van der Waals surface area (Å²) >= 11 is 0. The summed E-state index contributed by atoms with van der Waals surface area (Å²) in [5.41, 5.74) is 3.91. The van der Waals surface area contributed by atoms with E-state index in [1.165, 1.54) is 18.4 Å². The summed E-state index contributed by atoms with van der Waals surface area (Å²) in [6, 6.07) is 16.0. The summed E-state index contributed by atoms with van der Waals surface area (Å²) in [4.78, 5) is 17.5. The summed E-state index contributed by atoms with van der Waals surface area (Å²) in [6.07, 6.45) is 2.54. The van der Waals surface area contributed by atoms with Gasteiger partial charge in [0.2, 0.25) is 0 Å². The first-order valence-electron chi connectivity index (χ1n) is 9.84. The summed E-state index contributed by atoms with van der Waals surface area (Å²) < 4.78 is 5.40. The van der Waals surface area contributed by atoms with Crippen molar-refractivity contribution in [3.8, 4) is 0 Å². The Balaban J connectivity index is 1.43. The molecule has 0 atom stereocenters. The normalized spacial score (nSPS) is 17.9. The number of benzene rings is 2. The highest BCUT2D eigenvalue weighted by molar-refractivity contribution is 6.04. The average molecular weight is 365 g/mol. The van der Waals surface area contributed by atoms with Gasteiger partial charge in [-0.25, -0.2) is 0 Å². The lowest BCUT2D eigenvalue weighted by Gasteiger charge is -2.28. The molecule has 2 aliphatic rings. The first-order valence-corrected chi connectivity index (χ1v) is 9.84. The van der Waals surface area contributed by atoms with Crippen molar-refractivity contribution in [2.75, 3.05) is 49.6 Å². The predicted octanol–water partition coefficient (Wildman–Crippen LogP) is 3.37. The molecule has 27 heavy (non-hydrogen) atoms. The van der Waals surface area contributed by atoms with Crippen molar-refractivity contribution in [2.24, 2.45) is 0 Å². The molecule has 0 spiro atoms. The van der Waals surface area contributed by atoms with E-state index in [-0.39, 0.29) is 5.91 Å². The van der Waals surface area contributed by atoms with Gasteiger partial charge in [0, 0.05) is 36.6 Å². The first kappa shape index (κ1) is 18.0. The van der Waals surface area contributed by atoms with Gasteiger partial charge in [-0.15, -0.1) is 0 Å². The second-order valence-corrected chi connectivity index (χ2v) is 7.24. The Kier molecular flexibility index (Phi) is 5.70. The maximum atomic E-state index is 12.7. The molecule has 2 aromatic rings. The zero-order chi connectivity index (χ0) is 18.5. The molecule has 0 unspecified atom stereocenters. The molecule has 2 heterocycles. The van der Waals surface area contributed by atoms with Crippen molar-refractivity contribution in [3.63, 3.8) is 0 Å². The maximum absolute atomic E-state index is 12.7. The molecule has 0 radical (unpaired) electrons. The average Bonchev–Trinajstić information content (AvgIpc) is 3.23. The van der Waals surface area contributed by atoms with Crippen LogP contribution in [0.3, 0.4) is 0 Å². The van der Waals surface area contributed by atoms with Gasteiger partial charge in [-0.1, -0.05) is 18.2 Å². The van der Waals surface area contributed by atoms with Crippen LogP contribution in [0.2, 0.25) is 0 Å². The van der Waals surface area contributed by atoms with Crippen LogP contribution in [-0.4, -0.2) is 50.2 Å². The van der Waals surface area contributed by atoms with E-state index in [0.29, 0.717) is 5.56 Å². The van der Waals surface area contributed by atoms with Gasteiger partial charge >= 0.3 is 0 Å². The number of ether oxygens (including phenoxy) is 1. The zero-order valence-corrected chi connectivity index (χ0v) is 15.7. The molecule has 1 N–H and O–H groups in total. The quantitative estimate of drug-likeness (QED) is 0.882. The lowest BCUT2D eigenvalue weighted by atomic mass is 10.1. The second kappa shape index (κ2) is 8.55. The number of likely N-dealkylation sites (tertiary alicyclic amines) is 1. The molecular formula is C22H27N3O2. The molecule has 0 aromatic heterocycles. The van der Waals surface area contributed by atoms with Gasteiger partial charge in [0.1, 0.15) is 0 Å². The van der Waals surface area contributed by atoms with E-state index in [4.69, 9.17) is 4.74 Å². The van der Waals surface area contributed by atoms with Crippen molar-refractivity contribution in [2.45, 2.75) is 19.4 Å². The number of morpholine rings is 1. The Morgan fingerprint density at radius 3 is 2.37 bits per heavy atom. The first-order chi connectivity index (χ1) is 13.3. The minimum atomic E-state index is -0.0580. The van der Waals surface area contributed by atoms with Crippen LogP contribution in [0.4, 0.5) is 11.4 Å². The molecule has 5 heteroatoms. The van der Waals surface area contributed by atoms with Gasteiger partial charge < -0.3 is 15.0 Å². The summed E-state index contributed by atoms with van der Waals surface area (Å²) in [7, 11) is 0. The van der Waals surface area contributed by atoms with Crippen LogP contribution >= 0.6 is 0 Å². The second-order valence-electron chi connectivity index (χ2n) is 7.24. The number of carbonyl (C=O) groups is 1. The topological polar surface area (TPSA) is 44.8 Å². The summed E-state index contributed by atoms with van der Waals surface area (Å²) in [5.74, 6) is -0.0580. The fourth-order valence-corrected chi connectivity index (χ4v) is 3.80. The Hall–Kier alpha value is -2.37. The number of anilines is 2. The van der Waals surface area contributed by atoms with Crippen molar-refractivity contribution in [1.82, 2.24) is 4.90 Å². The van der Waals surface area contributed by atoms with Gasteiger partial charge in [-0.2, -0.15) is 0 Å². The van der Waals surface area contributed by atoms with E-state index in [1.807, 2.05) is 42.5 Å². The number of carbonyl (C=O) groups excluding carboxylic acids is 1. The largest absolute Gasteiger partial charge is 0.378 e. The third-order valence-corrected chi connectivity index (χ3v) is 5.36. The molecule has 2 aromatic carbocycles. The molecule has 142 valence electrons. The molecule has 0 saturated carbocycles. The smallest absolute Gasteiger partial charge is 0.255 e. The fraction of sp³-hybridized carbons (Fsp3) is 0.409. The predicted molar refractivity (Wildman–Crippen MR) is 108 cm³/mol. The zero-order valence-electron chi connectivity index (χ0n) is 15.7. The van der Waals surface area contributed by atoms with Crippen LogP contribution in [0.1, 0.15) is 28.8 Å². The van der Waals surface area contributed by atoms with Crippen LogP contribution in [0.15, 0.2) is 48.5 Å². The molecule has 1 amide bonds. The van der Waals surface area contributed by atoms with E-state index in [9.17, 15) is 4.79 Å². The third-order valence-electron chi connectivity index (χ3n) is 5.36. The van der Waals surface area contributed by atoms with Crippen LogP contribution in [0.5, 0.6) is 0 Å². The van der Waals surface area contributed by atoms with E-state index in [0.717, 1.165) is 57.3 Å². The number of hydrogen-bond donors (Lipinski definition) is 1. The lowest BCUT2D eigenvalue weighted by Crippen LogP contribution is -2.36. The molecule has 2 saturated heterocycles. The van der Waals surface area contributed by atoms with Gasteiger partial charge in [0.25, 0.3) is 5.91 Å². The Labute approximate surface area is 160 Å². The summed E-state index contributed by atoms with van der Waals surface area (Å²) in [6.45, 7) is 6.50. The highest BCUT2D eigenvalue weighted by atomic mass is 16.5. The van der Waals surface area contributed by atoms with Gasteiger partial charge in [0.15, 0.2) is 0 Å². The monoisotopic (exact) mass is 365 g/mol. The fourth-order valence-electron chi connectivity index (χ4n) is 3.80. The number of nitrogens with one attached hydrogen (secondary N) is 1. The highest BCUT2D eigenvalue weighted by Crippen LogP contribution is 2.22. The minimum absolute atomic E-state index is 0.0580. The van der Waals surface area contributed by atoms with Gasteiger partial charge in [-0.3, -0.25) is 9.69 Å². The number of para-hydroxylation sites is 1. The van der Waals surface area contributed by atoms with Crippen LogP contribution in [0.25, 0.3) is 0 Å². The molecule has 5 nitrogen and oxygen atoms in total. The molecule has 0 bridgehead atoms. The Morgan fingerprint density at radius 2 is 1.63 bits per heavy atom. The number of amides is 1. The third kappa shape index (κ3) is 4.49. The molecule has 2 fully saturated rings. The SMILES string of the molecule is O=C(Nc1ccccc1CN1CCCC1)c1ccc(N2CCOCC2)cc1. The number of rotatable bonds is 5. The molecule has 4 rings (SSSR count). The number of nitrogens with zero attached hydrogens (tertiary/aromatic N) is 2. The van der Waals surface area contributed by atoms with Crippen LogP contribution < -0.4 is 10.2 Å². The van der Waals surface area contributed by atoms with E-state index in [1.54, 1.807) is 0 Å². The highest BCUT2D eigenvalue weighted by Gasteiger charge is 2.16. The van der Waals surface area contributed by atoms with E-state index >= 15 is 0 Å². The van der Waals surface area contributed by atoms with E-state index in [2.05, 4.69) is 21.2 Å². The Bertz CT molecular complexity index is 763. The Morgan fingerprint density at radius 1 is 0.926 bits per heavy atom. The minimum Gasteiger partial charge on any atom is -0.378 e. The van der Waals surface area contributed by atoms with Crippen LogP contribution in [0, 0.1) is 0 Å². The van der Waals surface area contributed by atoms with Crippen molar-refractivity contribution in [1.29, 1.82) is 0 Å². The van der Waals surface area contributed by atoms with Gasteiger partial charge in [-0.05, 0) is 61.8 Å². The van der Waals surface area contributed by atoms with Crippen molar-refractivity contribution >= 4 is 17.3 Å². The standard InChI is InChI=1S/C22H27N3O2/c26-22(18-7-9-20(10-8-18)25-13-15-27-16-14-25)23-21-6-2-1-5-19(21)17-24-11-3-4-12-24/h1-2,5-10H,3-4,11-17H2,(H,23,26). The molecule has 2 aliphatic heterocycles. The van der Waals surface area contributed by atoms with Crippen molar-refractivity contribution < 1.29 is 9.53 Å². The van der Waals surface area contributed by atoms with E-state index < -0.39 is 0 Å². The summed E-state index contributed by atoms with van der Waals surface area (Å²) in [5, 5.41) is 3.10. The van der Waals surface area contributed by atoms with Crippen LogP contribution in [-0.2, 0) is 11.3 Å². The van der Waals surface area contributed by atoms with Crippen molar-refractivity contribution in [3.05, 3.63) is 59.7 Å². The number of hydrogen-bond acceptors (Lipinski definition) is 4. The maximum Gasteiger partial charge on any atom is 0.255 e. The van der Waals surface area contributed by atoms with Gasteiger partial charge in [0.05, 0.1) is 13.2 Å². The molecular weight excluding hydrogens is 338 g/mol. The lowest BCUT2D eigenvalue weighted by molar-refractivity contribution is 0.102. The molecule has 0 aliphatic carbocycles.